The SMILES string of the molecule is CN=C(NCc1ccc(N2CCCCCC2)nc1)NC1CCN(C(=O)C2CCCCC2)C1.I. The fourth-order valence-electron chi connectivity index (χ4n) is 5.27. The normalized spacial score (nSPS) is 22.5. The maximum absolute atomic E-state index is 12.8. The summed E-state index contributed by atoms with van der Waals surface area (Å²) < 4.78 is 0. The molecule has 1 aromatic rings. The van der Waals surface area contributed by atoms with Crippen LogP contribution in [-0.2, 0) is 11.3 Å². The average Bonchev–Trinajstić information content (AvgIpc) is 3.14. The van der Waals surface area contributed by atoms with E-state index in [4.69, 9.17) is 4.98 Å². The Morgan fingerprint density at radius 1 is 1.03 bits per heavy atom. The molecule has 0 aromatic carbocycles. The van der Waals surface area contributed by atoms with E-state index in [1.54, 1.807) is 7.05 Å². The number of aliphatic imine (C=N–C) groups is 1. The Kier molecular flexibility index (Phi) is 10.5. The Bertz CT molecular complexity index is 757. The summed E-state index contributed by atoms with van der Waals surface area (Å²) in [6.07, 6.45) is 14.0. The van der Waals surface area contributed by atoms with Crippen molar-refractivity contribution in [3.63, 3.8) is 0 Å². The molecule has 184 valence electrons. The monoisotopic (exact) mass is 568 g/mol. The Hall–Kier alpha value is -1.58. The molecule has 0 radical (unpaired) electrons. The van der Waals surface area contributed by atoms with Gasteiger partial charge in [-0.05, 0) is 43.7 Å². The summed E-state index contributed by atoms with van der Waals surface area (Å²) in [6, 6.07) is 4.56. The first-order valence-corrected chi connectivity index (χ1v) is 12.7. The van der Waals surface area contributed by atoms with Crippen molar-refractivity contribution in [2.75, 3.05) is 38.1 Å². The van der Waals surface area contributed by atoms with Gasteiger partial charge in [-0.2, -0.15) is 0 Å². The molecule has 1 aromatic heterocycles. The number of carbonyl (C=O) groups excluding carboxylic acids is 1. The second kappa shape index (κ2) is 13.3. The number of pyridine rings is 1. The first-order valence-electron chi connectivity index (χ1n) is 12.7. The van der Waals surface area contributed by atoms with Crippen molar-refractivity contribution in [3.05, 3.63) is 23.9 Å². The Morgan fingerprint density at radius 2 is 1.76 bits per heavy atom. The van der Waals surface area contributed by atoms with Gasteiger partial charge in [0, 0.05) is 57.9 Å². The molecule has 1 unspecified atom stereocenters. The Morgan fingerprint density at radius 3 is 2.42 bits per heavy atom. The average molecular weight is 569 g/mol. The highest BCUT2D eigenvalue weighted by molar-refractivity contribution is 14.0. The van der Waals surface area contributed by atoms with Gasteiger partial charge in [-0.25, -0.2) is 4.98 Å². The van der Waals surface area contributed by atoms with E-state index in [1.165, 1.54) is 44.9 Å². The summed E-state index contributed by atoms with van der Waals surface area (Å²) in [5.41, 5.74) is 1.15. The number of guanidine groups is 1. The third-order valence-corrected chi connectivity index (χ3v) is 7.22. The van der Waals surface area contributed by atoms with E-state index in [0.29, 0.717) is 12.5 Å². The number of rotatable bonds is 5. The second-order valence-corrected chi connectivity index (χ2v) is 9.60. The molecule has 3 heterocycles. The molecule has 2 N–H and O–H groups in total. The summed E-state index contributed by atoms with van der Waals surface area (Å²) in [7, 11) is 1.80. The lowest BCUT2D eigenvalue weighted by molar-refractivity contribution is -0.135. The summed E-state index contributed by atoms with van der Waals surface area (Å²) in [6.45, 7) is 4.55. The van der Waals surface area contributed by atoms with E-state index in [-0.39, 0.29) is 35.9 Å². The van der Waals surface area contributed by atoms with Crippen molar-refractivity contribution in [2.24, 2.45) is 10.9 Å². The standard InChI is InChI=1S/C25H40N6O.HI/c1-26-25(29-22-13-16-31(19-22)24(32)21-9-5-4-6-10-21)28-18-20-11-12-23(27-17-20)30-14-7-2-3-8-15-30;/h11-12,17,21-22H,2-10,13-16,18-19H2,1H3,(H2,26,28,29);1H. The number of nitrogens with zero attached hydrogens (tertiary/aromatic N) is 4. The van der Waals surface area contributed by atoms with Gasteiger partial charge in [0.05, 0.1) is 0 Å². The van der Waals surface area contributed by atoms with Crippen molar-refractivity contribution in [3.8, 4) is 0 Å². The number of carbonyl (C=O) groups is 1. The predicted octanol–water partition coefficient (Wildman–Crippen LogP) is 3.93. The number of anilines is 1. The predicted molar refractivity (Wildman–Crippen MR) is 145 cm³/mol. The molecule has 2 saturated heterocycles. The lowest BCUT2D eigenvalue weighted by atomic mass is 9.88. The number of aromatic nitrogens is 1. The molecule has 1 saturated carbocycles. The first kappa shape index (κ1) is 26.0. The molecule has 8 heteroatoms. The number of nitrogens with one attached hydrogen (secondary N) is 2. The van der Waals surface area contributed by atoms with Gasteiger partial charge in [0.15, 0.2) is 5.96 Å². The maximum atomic E-state index is 12.8. The highest BCUT2D eigenvalue weighted by atomic mass is 127. The van der Waals surface area contributed by atoms with Crippen LogP contribution in [0.25, 0.3) is 0 Å². The quantitative estimate of drug-likeness (QED) is 0.320. The van der Waals surface area contributed by atoms with E-state index in [2.05, 4.69) is 37.6 Å². The molecular formula is C25H41IN6O. The van der Waals surface area contributed by atoms with Crippen molar-refractivity contribution < 1.29 is 4.79 Å². The molecule has 3 fully saturated rings. The third kappa shape index (κ3) is 7.45. The van der Waals surface area contributed by atoms with E-state index in [1.807, 2.05) is 6.20 Å². The van der Waals surface area contributed by atoms with E-state index >= 15 is 0 Å². The fraction of sp³-hybridized carbons (Fsp3) is 0.720. The molecule has 4 rings (SSSR count). The van der Waals surface area contributed by atoms with Gasteiger partial charge < -0.3 is 20.4 Å². The molecule has 1 aliphatic carbocycles. The first-order chi connectivity index (χ1) is 15.7. The Labute approximate surface area is 216 Å². The topological polar surface area (TPSA) is 72.9 Å². The highest BCUT2D eigenvalue weighted by Crippen LogP contribution is 2.26. The molecule has 1 atom stereocenters. The largest absolute Gasteiger partial charge is 0.357 e. The van der Waals surface area contributed by atoms with Crippen molar-refractivity contribution in [2.45, 2.75) is 76.8 Å². The smallest absolute Gasteiger partial charge is 0.225 e. The van der Waals surface area contributed by atoms with Crippen LogP contribution in [0.3, 0.4) is 0 Å². The van der Waals surface area contributed by atoms with Crippen LogP contribution in [0.5, 0.6) is 0 Å². The zero-order valence-corrected chi connectivity index (χ0v) is 22.4. The summed E-state index contributed by atoms with van der Waals surface area (Å²) >= 11 is 0. The zero-order valence-electron chi connectivity index (χ0n) is 20.1. The third-order valence-electron chi connectivity index (χ3n) is 7.22. The van der Waals surface area contributed by atoms with Crippen LogP contribution in [0.4, 0.5) is 5.82 Å². The number of hydrogen-bond donors (Lipinski definition) is 2. The van der Waals surface area contributed by atoms with Crippen LogP contribution >= 0.6 is 24.0 Å². The maximum Gasteiger partial charge on any atom is 0.225 e. The number of halogens is 1. The van der Waals surface area contributed by atoms with Crippen molar-refractivity contribution >= 4 is 41.7 Å². The van der Waals surface area contributed by atoms with Crippen molar-refractivity contribution in [1.82, 2.24) is 20.5 Å². The number of amides is 1. The lowest BCUT2D eigenvalue weighted by Crippen LogP contribution is -2.45. The van der Waals surface area contributed by atoms with Gasteiger partial charge in [0.2, 0.25) is 5.91 Å². The minimum atomic E-state index is 0. The molecule has 7 nitrogen and oxygen atoms in total. The lowest BCUT2D eigenvalue weighted by Gasteiger charge is -2.26. The van der Waals surface area contributed by atoms with Crippen LogP contribution in [0, 0.1) is 5.92 Å². The van der Waals surface area contributed by atoms with Crippen LogP contribution < -0.4 is 15.5 Å². The van der Waals surface area contributed by atoms with Crippen LogP contribution in [0.2, 0.25) is 0 Å². The van der Waals surface area contributed by atoms with Gasteiger partial charge in [-0.15, -0.1) is 24.0 Å². The second-order valence-electron chi connectivity index (χ2n) is 9.60. The summed E-state index contributed by atoms with van der Waals surface area (Å²) in [5, 5.41) is 6.92. The van der Waals surface area contributed by atoms with Gasteiger partial charge in [0.1, 0.15) is 5.82 Å². The summed E-state index contributed by atoms with van der Waals surface area (Å²) in [4.78, 5) is 26.4. The van der Waals surface area contributed by atoms with Crippen LogP contribution in [-0.4, -0.2) is 61.0 Å². The van der Waals surface area contributed by atoms with Gasteiger partial charge in [-0.3, -0.25) is 9.79 Å². The Balaban J connectivity index is 0.00000306. The van der Waals surface area contributed by atoms with Gasteiger partial charge in [0.25, 0.3) is 0 Å². The molecule has 0 spiro atoms. The van der Waals surface area contributed by atoms with Gasteiger partial charge >= 0.3 is 0 Å². The molecular weight excluding hydrogens is 527 g/mol. The minimum Gasteiger partial charge on any atom is -0.357 e. The molecule has 33 heavy (non-hydrogen) atoms. The fourth-order valence-corrected chi connectivity index (χ4v) is 5.27. The van der Waals surface area contributed by atoms with E-state index < -0.39 is 0 Å². The van der Waals surface area contributed by atoms with E-state index in [0.717, 1.165) is 62.8 Å². The minimum absolute atomic E-state index is 0. The van der Waals surface area contributed by atoms with Crippen LogP contribution in [0.15, 0.2) is 23.3 Å². The molecule has 1 amide bonds. The molecule has 2 aliphatic heterocycles. The number of likely N-dealkylation sites (tertiary alicyclic amines) is 1. The molecule has 3 aliphatic rings. The van der Waals surface area contributed by atoms with E-state index in [9.17, 15) is 4.79 Å². The van der Waals surface area contributed by atoms with Crippen molar-refractivity contribution in [1.29, 1.82) is 0 Å². The summed E-state index contributed by atoms with van der Waals surface area (Å²) in [5.74, 6) is 2.50. The number of hydrogen-bond acceptors (Lipinski definition) is 4. The van der Waals surface area contributed by atoms with Gasteiger partial charge in [-0.1, -0.05) is 38.2 Å². The molecule has 0 bridgehead atoms. The highest BCUT2D eigenvalue weighted by Gasteiger charge is 2.31. The zero-order chi connectivity index (χ0) is 22.2. The van der Waals surface area contributed by atoms with Crippen LogP contribution in [0.1, 0.15) is 69.8 Å².